The van der Waals surface area contributed by atoms with Crippen molar-refractivity contribution in [3.8, 4) is 33.6 Å². The predicted molar refractivity (Wildman–Crippen MR) is 157 cm³/mol. The van der Waals surface area contributed by atoms with E-state index in [2.05, 4.69) is 65.8 Å². The zero-order chi connectivity index (χ0) is 26.9. The highest BCUT2D eigenvalue weighted by Gasteiger charge is 2.18. The molecule has 0 aliphatic heterocycles. The number of nitrogens with one attached hydrogen (secondary N) is 3. The van der Waals surface area contributed by atoms with Crippen molar-refractivity contribution in [2.24, 2.45) is 5.92 Å². The van der Waals surface area contributed by atoms with Gasteiger partial charge in [-0.15, -0.1) is 0 Å². The third-order valence-electron chi connectivity index (χ3n) is 7.86. The molecule has 1 amide bonds. The third-order valence-corrected chi connectivity index (χ3v) is 7.86. The van der Waals surface area contributed by atoms with Gasteiger partial charge in [0.05, 0.1) is 17.6 Å². The van der Waals surface area contributed by atoms with E-state index in [0.717, 1.165) is 62.8 Å². The summed E-state index contributed by atoms with van der Waals surface area (Å²) in [6, 6.07) is 16.4. The molecule has 0 bridgehead atoms. The van der Waals surface area contributed by atoms with Crippen LogP contribution in [0.1, 0.15) is 38.5 Å². The van der Waals surface area contributed by atoms with Crippen molar-refractivity contribution >= 4 is 33.5 Å². The number of rotatable bonds is 6. The maximum absolute atomic E-state index is 12.7. The van der Waals surface area contributed by atoms with Gasteiger partial charge in [-0.2, -0.15) is 5.10 Å². The Morgan fingerprint density at radius 2 is 1.75 bits per heavy atom. The summed E-state index contributed by atoms with van der Waals surface area (Å²) in [5.41, 5.74) is 8.08. The van der Waals surface area contributed by atoms with E-state index < -0.39 is 0 Å². The van der Waals surface area contributed by atoms with Crippen molar-refractivity contribution < 1.29 is 4.79 Å². The highest BCUT2D eigenvalue weighted by Crippen LogP contribution is 2.35. The Morgan fingerprint density at radius 3 is 2.62 bits per heavy atom. The van der Waals surface area contributed by atoms with Gasteiger partial charge < -0.3 is 10.3 Å². The van der Waals surface area contributed by atoms with Crippen molar-refractivity contribution in [1.82, 2.24) is 30.1 Å². The van der Waals surface area contributed by atoms with Gasteiger partial charge in [0.15, 0.2) is 5.65 Å². The minimum absolute atomic E-state index is 0.0565. The normalized spacial score (nSPS) is 14.1. The lowest BCUT2D eigenvalue weighted by atomic mass is 9.87. The summed E-state index contributed by atoms with van der Waals surface area (Å²) in [7, 11) is 0. The Morgan fingerprint density at radius 1 is 0.875 bits per heavy atom. The number of amides is 1. The van der Waals surface area contributed by atoms with Crippen molar-refractivity contribution in [3.05, 3.63) is 79.5 Å². The third kappa shape index (κ3) is 4.73. The second kappa shape index (κ2) is 10.4. The van der Waals surface area contributed by atoms with Gasteiger partial charge in [-0.1, -0.05) is 37.5 Å². The SMILES string of the molecule is O=C(CC1CCCCC1)Nc1cncc(-c2cnc3[nH]nc(-c4cc5c(-c6cccnc6)cccc5[nH]4)c3c2)c1. The van der Waals surface area contributed by atoms with Crippen LogP contribution in [0.15, 0.2) is 79.5 Å². The van der Waals surface area contributed by atoms with Crippen LogP contribution in [0.25, 0.3) is 55.6 Å². The fourth-order valence-electron chi connectivity index (χ4n) is 5.85. The summed E-state index contributed by atoms with van der Waals surface area (Å²) in [6.45, 7) is 0. The summed E-state index contributed by atoms with van der Waals surface area (Å²) in [4.78, 5) is 29.5. The number of carbonyl (C=O) groups is 1. The molecule has 1 fully saturated rings. The Balaban J connectivity index is 1.19. The second-order valence-electron chi connectivity index (χ2n) is 10.6. The molecule has 8 nitrogen and oxygen atoms in total. The molecule has 0 atom stereocenters. The van der Waals surface area contributed by atoms with Crippen LogP contribution in [0, 0.1) is 5.92 Å². The molecular weight excluding hydrogens is 498 g/mol. The number of aromatic nitrogens is 6. The molecule has 0 spiro atoms. The van der Waals surface area contributed by atoms with Crippen LogP contribution in [0.4, 0.5) is 5.69 Å². The Kier molecular flexibility index (Phi) is 6.28. The highest BCUT2D eigenvalue weighted by molar-refractivity contribution is 6.01. The van der Waals surface area contributed by atoms with E-state index in [9.17, 15) is 4.79 Å². The summed E-state index contributed by atoms with van der Waals surface area (Å²) in [5, 5.41) is 12.7. The zero-order valence-corrected chi connectivity index (χ0v) is 22.0. The van der Waals surface area contributed by atoms with Gasteiger partial charge in [-0.3, -0.25) is 19.9 Å². The van der Waals surface area contributed by atoms with Crippen LogP contribution in [0.2, 0.25) is 0 Å². The Bertz CT molecular complexity index is 1820. The van der Waals surface area contributed by atoms with Crippen LogP contribution in [-0.4, -0.2) is 36.0 Å². The van der Waals surface area contributed by atoms with Crippen LogP contribution in [0.3, 0.4) is 0 Å². The fraction of sp³-hybridized carbons (Fsp3) is 0.219. The Labute approximate surface area is 231 Å². The van der Waals surface area contributed by atoms with Crippen LogP contribution in [0.5, 0.6) is 0 Å². The van der Waals surface area contributed by atoms with E-state index in [0.29, 0.717) is 23.7 Å². The maximum atomic E-state index is 12.7. The van der Waals surface area contributed by atoms with Gasteiger partial charge in [0.25, 0.3) is 0 Å². The smallest absolute Gasteiger partial charge is 0.224 e. The van der Waals surface area contributed by atoms with Crippen molar-refractivity contribution in [2.45, 2.75) is 38.5 Å². The highest BCUT2D eigenvalue weighted by atomic mass is 16.1. The van der Waals surface area contributed by atoms with Gasteiger partial charge in [0.2, 0.25) is 5.91 Å². The number of hydrogen-bond acceptors (Lipinski definition) is 5. The van der Waals surface area contributed by atoms with E-state index in [-0.39, 0.29) is 5.91 Å². The molecule has 6 aromatic rings. The van der Waals surface area contributed by atoms with Crippen molar-refractivity contribution in [3.63, 3.8) is 0 Å². The number of fused-ring (bicyclic) bond motifs is 2. The number of carbonyl (C=O) groups excluding carboxylic acids is 1. The standard InChI is InChI=1S/C32H29N7O/c40-30(12-20-6-2-1-3-7-20)36-24-13-22(17-34-19-24)23-14-27-31(38-39-32(27)35-18-23)29-15-26-25(9-4-10-28(26)37-29)21-8-5-11-33-16-21/h4-5,8-11,13-20,37H,1-3,6-7,12H2,(H,36,40)(H,35,38,39). The van der Waals surface area contributed by atoms with E-state index in [1.54, 1.807) is 24.8 Å². The first-order valence-electron chi connectivity index (χ1n) is 13.8. The number of hydrogen-bond donors (Lipinski definition) is 3. The monoisotopic (exact) mass is 527 g/mol. The molecular formula is C32H29N7O. The molecule has 0 unspecified atom stereocenters. The molecule has 1 aliphatic rings. The first-order chi connectivity index (χ1) is 19.7. The summed E-state index contributed by atoms with van der Waals surface area (Å²) in [5.74, 6) is 0.544. The van der Waals surface area contributed by atoms with Crippen LogP contribution in [-0.2, 0) is 4.79 Å². The molecule has 8 heteroatoms. The van der Waals surface area contributed by atoms with Gasteiger partial charge >= 0.3 is 0 Å². The number of aromatic amines is 2. The lowest BCUT2D eigenvalue weighted by Crippen LogP contribution is -2.18. The topological polar surface area (TPSA) is 112 Å². The number of benzene rings is 1. The number of nitrogens with zero attached hydrogens (tertiary/aromatic N) is 4. The second-order valence-corrected chi connectivity index (χ2v) is 10.6. The molecule has 198 valence electrons. The zero-order valence-electron chi connectivity index (χ0n) is 22.0. The van der Waals surface area contributed by atoms with Gasteiger partial charge in [0, 0.05) is 64.2 Å². The van der Waals surface area contributed by atoms with Gasteiger partial charge in [0.1, 0.15) is 5.69 Å². The van der Waals surface area contributed by atoms with Crippen molar-refractivity contribution in [2.75, 3.05) is 5.32 Å². The predicted octanol–water partition coefficient (Wildman–Crippen LogP) is 7.14. The average Bonchev–Trinajstić information content (AvgIpc) is 3.62. The number of H-pyrrole nitrogens is 2. The lowest BCUT2D eigenvalue weighted by Gasteiger charge is -2.20. The molecule has 3 N–H and O–H groups in total. The quantitative estimate of drug-likeness (QED) is 0.213. The van der Waals surface area contributed by atoms with Crippen molar-refractivity contribution in [1.29, 1.82) is 0 Å². The average molecular weight is 528 g/mol. The summed E-state index contributed by atoms with van der Waals surface area (Å²) >= 11 is 0. The molecule has 1 saturated carbocycles. The molecule has 5 aromatic heterocycles. The first-order valence-corrected chi connectivity index (χ1v) is 13.8. The number of anilines is 1. The largest absolute Gasteiger partial charge is 0.353 e. The molecule has 40 heavy (non-hydrogen) atoms. The maximum Gasteiger partial charge on any atom is 0.224 e. The first kappa shape index (κ1) is 24.2. The van der Waals surface area contributed by atoms with Gasteiger partial charge in [-0.05, 0) is 54.7 Å². The summed E-state index contributed by atoms with van der Waals surface area (Å²) < 4.78 is 0. The van der Waals surface area contributed by atoms with Crippen LogP contribution >= 0.6 is 0 Å². The molecule has 1 aromatic carbocycles. The Hall–Kier alpha value is -4.85. The number of pyridine rings is 3. The molecule has 5 heterocycles. The molecule has 0 saturated heterocycles. The molecule has 1 aliphatic carbocycles. The summed E-state index contributed by atoms with van der Waals surface area (Å²) in [6.07, 6.45) is 15.6. The van der Waals surface area contributed by atoms with Gasteiger partial charge in [-0.25, -0.2) is 4.98 Å². The molecule has 0 radical (unpaired) electrons. The minimum atomic E-state index is 0.0565. The van der Waals surface area contributed by atoms with E-state index in [1.807, 2.05) is 24.4 Å². The minimum Gasteiger partial charge on any atom is -0.353 e. The van der Waals surface area contributed by atoms with E-state index in [4.69, 9.17) is 0 Å². The van der Waals surface area contributed by atoms with Crippen LogP contribution < -0.4 is 5.32 Å². The van der Waals surface area contributed by atoms with E-state index >= 15 is 0 Å². The molecule has 7 rings (SSSR count). The van der Waals surface area contributed by atoms with E-state index in [1.165, 1.54) is 19.3 Å². The lowest BCUT2D eigenvalue weighted by molar-refractivity contribution is -0.117. The fourth-order valence-corrected chi connectivity index (χ4v) is 5.85.